The minimum absolute atomic E-state index is 0.0575. The van der Waals surface area contributed by atoms with Gasteiger partial charge in [0.05, 0.1) is 13.2 Å². The standard InChI is InChI=1S/C29H37N3O4/c1-29(2)18-25(33)22-7-8-26(35-4)23(27(22)36-29)12-15-31-13-10-21(11-14-31)32-16-9-19-5-6-20(17-24(19)32)28(34)30-3/h5-9,16-17,21,25,33H,10-15,18H2,1-4H3,(H,30,34). The number of fused-ring (bicyclic) bond motifs is 2. The fourth-order valence-corrected chi connectivity index (χ4v) is 5.78. The van der Waals surface area contributed by atoms with Gasteiger partial charge >= 0.3 is 0 Å². The number of rotatable bonds is 6. The summed E-state index contributed by atoms with van der Waals surface area (Å²) in [6.07, 6.45) is 5.13. The molecular formula is C29H37N3O4. The van der Waals surface area contributed by atoms with E-state index in [1.807, 2.05) is 44.2 Å². The first-order valence-electron chi connectivity index (χ1n) is 12.9. The van der Waals surface area contributed by atoms with Crippen molar-refractivity contribution in [3.63, 3.8) is 0 Å². The molecular weight excluding hydrogens is 454 g/mol. The molecule has 1 fully saturated rings. The Morgan fingerprint density at radius 1 is 1.19 bits per heavy atom. The van der Waals surface area contributed by atoms with Crippen LogP contribution in [0.15, 0.2) is 42.6 Å². The molecule has 2 aliphatic rings. The number of amides is 1. The number of hydrogen-bond donors (Lipinski definition) is 2. The van der Waals surface area contributed by atoms with Crippen molar-refractivity contribution in [3.05, 3.63) is 59.3 Å². The molecule has 0 saturated carbocycles. The van der Waals surface area contributed by atoms with Gasteiger partial charge in [0.2, 0.25) is 0 Å². The molecule has 7 heteroatoms. The summed E-state index contributed by atoms with van der Waals surface area (Å²) in [5, 5.41) is 14.6. The number of carbonyl (C=O) groups is 1. The van der Waals surface area contributed by atoms with E-state index in [4.69, 9.17) is 9.47 Å². The third kappa shape index (κ3) is 4.70. The number of hydrogen-bond acceptors (Lipinski definition) is 5. The van der Waals surface area contributed by atoms with Crippen LogP contribution in [0.2, 0.25) is 0 Å². The van der Waals surface area contributed by atoms with Gasteiger partial charge in [0.25, 0.3) is 5.91 Å². The number of carbonyl (C=O) groups excluding carboxylic acids is 1. The Morgan fingerprint density at radius 2 is 1.97 bits per heavy atom. The first-order valence-corrected chi connectivity index (χ1v) is 12.9. The molecule has 1 saturated heterocycles. The SMILES string of the molecule is CNC(=O)c1ccc2ccn(C3CCN(CCc4c(OC)ccc5c4OC(C)(C)CC5O)CC3)c2c1. The molecule has 0 aliphatic carbocycles. The molecule has 3 heterocycles. The maximum absolute atomic E-state index is 12.1. The maximum Gasteiger partial charge on any atom is 0.251 e. The van der Waals surface area contributed by atoms with Crippen molar-refractivity contribution < 1.29 is 19.4 Å². The molecule has 1 unspecified atom stereocenters. The molecule has 36 heavy (non-hydrogen) atoms. The first kappa shape index (κ1) is 24.7. The third-order valence-corrected chi connectivity index (χ3v) is 7.73. The molecule has 2 N–H and O–H groups in total. The fraction of sp³-hybridized carbons (Fsp3) is 0.483. The zero-order valence-corrected chi connectivity index (χ0v) is 21.7. The average molecular weight is 492 g/mol. The van der Waals surface area contributed by atoms with Gasteiger partial charge in [-0.3, -0.25) is 4.79 Å². The molecule has 192 valence electrons. The summed E-state index contributed by atoms with van der Waals surface area (Å²) in [5.41, 5.74) is 3.30. The molecule has 0 bridgehead atoms. The van der Waals surface area contributed by atoms with Gasteiger partial charge in [-0.1, -0.05) is 6.07 Å². The van der Waals surface area contributed by atoms with Gasteiger partial charge in [-0.25, -0.2) is 0 Å². The number of likely N-dealkylation sites (tertiary alicyclic amines) is 1. The largest absolute Gasteiger partial charge is 0.496 e. The predicted octanol–water partition coefficient (Wildman–Crippen LogP) is 4.48. The van der Waals surface area contributed by atoms with E-state index in [1.54, 1.807) is 14.2 Å². The molecule has 1 amide bonds. The normalized spacial score (nSPS) is 20.1. The van der Waals surface area contributed by atoms with Gasteiger partial charge in [-0.05, 0) is 68.8 Å². The Labute approximate surface area is 213 Å². The number of benzene rings is 2. The minimum Gasteiger partial charge on any atom is -0.496 e. The summed E-state index contributed by atoms with van der Waals surface area (Å²) in [6, 6.07) is 12.3. The van der Waals surface area contributed by atoms with Crippen molar-refractivity contribution in [2.24, 2.45) is 0 Å². The van der Waals surface area contributed by atoms with Gasteiger partial charge in [0.1, 0.15) is 17.1 Å². The van der Waals surface area contributed by atoms with Crippen LogP contribution in [0.5, 0.6) is 11.5 Å². The number of nitrogens with zero attached hydrogens (tertiary/aromatic N) is 2. The second-order valence-corrected chi connectivity index (χ2v) is 10.6. The monoisotopic (exact) mass is 491 g/mol. The lowest BCUT2D eigenvalue weighted by Gasteiger charge is -2.37. The van der Waals surface area contributed by atoms with E-state index in [-0.39, 0.29) is 5.91 Å². The molecule has 3 aromatic rings. The number of aromatic nitrogens is 1. The van der Waals surface area contributed by atoms with Gasteiger partial charge < -0.3 is 29.4 Å². The second kappa shape index (κ2) is 9.79. The highest BCUT2D eigenvalue weighted by atomic mass is 16.5. The molecule has 1 aromatic heterocycles. The van der Waals surface area contributed by atoms with Gasteiger partial charge in [0.15, 0.2) is 0 Å². The van der Waals surface area contributed by atoms with Crippen molar-refractivity contribution in [2.45, 2.75) is 57.3 Å². The van der Waals surface area contributed by atoms with Crippen molar-refractivity contribution in [1.29, 1.82) is 0 Å². The van der Waals surface area contributed by atoms with E-state index in [1.165, 1.54) is 0 Å². The van der Waals surface area contributed by atoms with Gasteiger partial charge in [0, 0.05) is 67.5 Å². The second-order valence-electron chi connectivity index (χ2n) is 10.6. The Hall–Kier alpha value is -3.03. The number of aliphatic hydroxyl groups excluding tert-OH is 1. The van der Waals surface area contributed by atoms with Crippen LogP contribution in [0.3, 0.4) is 0 Å². The van der Waals surface area contributed by atoms with E-state index in [9.17, 15) is 9.90 Å². The molecule has 2 aromatic carbocycles. The van der Waals surface area contributed by atoms with Crippen molar-refractivity contribution in [1.82, 2.24) is 14.8 Å². The Bertz CT molecular complexity index is 1260. The predicted molar refractivity (Wildman–Crippen MR) is 141 cm³/mol. The molecule has 1 atom stereocenters. The Kier molecular flexibility index (Phi) is 6.70. The summed E-state index contributed by atoms with van der Waals surface area (Å²) >= 11 is 0. The molecule has 2 aliphatic heterocycles. The molecule has 5 rings (SSSR count). The first-order chi connectivity index (χ1) is 17.3. The summed E-state index contributed by atoms with van der Waals surface area (Å²) in [5.74, 6) is 1.55. The number of methoxy groups -OCH3 is 1. The lowest BCUT2D eigenvalue weighted by Crippen LogP contribution is -2.37. The number of ether oxygens (including phenoxy) is 2. The summed E-state index contributed by atoms with van der Waals surface area (Å²) in [4.78, 5) is 14.6. The lowest BCUT2D eigenvalue weighted by molar-refractivity contribution is 0.0103. The van der Waals surface area contributed by atoms with E-state index >= 15 is 0 Å². The molecule has 0 spiro atoms. The minimum atomic E-state index is -0.524. The summed E-state index contributed by atoms with van der Waals surface area (Å²) in [7, 11) is 3.36. The topological polar surface area (TPSA) is 76.0 Å². The zero-order chi connectivity index (χ0) is 25.4. The summed E-state index contributed by atoms with van der Waals surface area (Å²) < 4.78 is 14.4. The van der Waals surface area contributed by atoms with E-state index in [0.29, 0.717) is 18.0 Å². The average Bonchev–Trinajstić information content (AvgIpc) is 3.29. The fourth-order valence-electron chi connectivity index (χ4n) is 5.78. The van der Waals surface area contributed by atoms with Crippen LogP contribution in [0, 0.1) is 0 Å². The number of piperidine rings is 1. The highest BCUT2D eigenvalue weighted by Crippen LogP contribution is 2.44. The van der Waals surface area contributed by atoms with Gasteiger partial charge in [-0.2, -0.15) is 0 Å². The number of aliphatic hydroxyl groups is 1. The smallest absolute Gasteiger partial charge is 0.251 e. The van der Waals surface area contributed by atoms with Crippen LogP contribution >= 0.6 is 0 Å². The van der Waals surface area contributed by atoms with Crippen molar-refractivity contribution in [2.75, 3.05) is 33.8 Å². The zero-order valence-electron chi connectivity index (χ0n) is 21.7. The lowest BCUT2D eigenvalue weighted by atomic mass is 9.89. The highest BCUT2D eigenvalue weighted by Gasteiger charge is 2.35. The highest BCUT2D eigenvalue weighted by molar-refractivity contribution is 5.97. The van der Waals surface area contributed by atoms with E-state index in [0.717, 1.165) is 72.4 Å². The molecule has 0 radical (unpaired) electrons. The Morgan fingerprint density at radius 3 is 2.69 bits per heavy atom. The van der Waals surface area contributed by atoms with Crippen LogP contribution < -0.4 is 14.8 Å². The molecule has 7 nitrogen and oxygen atoms in total. The van der Waals surface area contributed by atoms with Crippen molar-refractivity contribution in [3.8, 4) is 11.5 Å². The van der Waals surface area contributed by atoms with Crippen LogP contribution in [-0.2, 0) is 6.42 Å². The maximum atomic E-state index is 12.1. The van der Waals surface area contributed by atoms with E-state index in [2.05, 4.69) is 27.0 Å². The van der Waals surface area contributed by atoms with Crippen LogP contribution in [0.4, 0.5) is 0 Å². The van der Waals surface area contributed by atoms with Crippen LogP contribution in [0.25, 0.3) is 10.9 Å². The summed E-state index contributed by atoms with van der Waals surface area (Å²) in [6.45, 7) is 6.97. The Balaban J connectivity index is 1.27. The van der Waals surface area contributed by atoms with Gasteiger partial charge in [-0.15, -0.1) is 0 Å². The van der Waals surface area contributed by atoms with Crippen LogP contribution in [-0.4, -0.2) is 59.9 Å². The third-order valence-electron chi connectivity index (χ3n) is 7.73. The van der Waals surface area contributed by atoms with Crippen molar-refractivity contribution >= 4 is 16.8 Å². The van der Waals surface area contributed by atoms with E-state index < -0.39 is 11.7 Å². The van der Waals surface area contributed by atoms with Crippen LogP contribution in [0.1, 0.15) is 66.7 Å². The quantitative estimate of drug-likeness (QED) is 0.532. The number of nitrogens with one attached hydrogen (secondary N) is 1.